The number of ether oxygens (including phenoxy) is 8. The zero-order valence-electron chi connectivity index (χ0n) is 78.5. The lowest BCUT2D eigenvalue weighted by Crippen LogP contribution is -2.41. The van der Waals surface area contributed by atoms with E-state index in [9.17, 15) is 45.9 Å². The highest BCUT2D eigenvalue weighted by Gasteiger charge is 2.56. The molecule has 5 amide bonds. The van der Waals surface area contributed by atoms with Crippen molar-refractivity contribution in [2.75, 3.05) is 56.6 Å². The van der Waals surface area contributed by atoms with E-state index < -0.39 is 59.5 Å². The zero-order valence-corrected chi connectivity index (χ0v) is 79.3. The fourth-order valence-electron chi connectivity index (χ4n) is 15.6. The van der Waals surface area contributed by atoms with Crippen molar-refractivity contribution >= 4 is 70.9 Å². The number of carbonyl (C=O) groups is 5. The first kappa shape index (κ1) is 102. The van der Waals surface area contributed by atoms with Gasteiger partial charge >= 0.3 is 6.01 Å². The number of pyridine rings is 3. The average Bonchev–Trinajstić information content (AvgIpc) is 1.60. The first-order valence-corrected chi connectivity index (χ1v) is 42.7. The largest absolute Gasteiger partial charge is 0.467 e. The first-order valence-electron chi connectivity index (χ1n) is 42.3. The van der Waals surface area contributed by atoms with Crippen LogP contribution in [0.4, 0.5) is 22.0 Å². The highest BCUT2D eigenvalue weighted by molar-refractivity contribution is 6.29. The Labute approximate surface area is 792 Å². The molecule has 10 unspecified atom stereocenters. The number of carbonyl (C=O) groups excluding carboxylic acids is 5. The second-order valence-corrected chi connectivity index (χ2v) is 32.2. The highest BCUT2D eigenvalue weighted by Crippen LogP contribution is 2.47. The molecule has 35 nitrogen and oxygen atoms in total. The molecule has 5 aromatic heterocycles. The molecule has 10 heterocycles. The molecule has 718 valence electrons. The van der Waals surface area contributed by atoms with Gasteiger partial charge in [0.25, 0.3) is 29.5 Å². The van der Waals surface area contributed by atoms with Crippen LogP contribution in [0.2, 0.25) is 5.15 Å². The van der Waals surface area contributed by atoms with Gasteiger partial charge in [-0.25, -0.2) is 71.8 Å². The smallest absolute Gasteiger partial charge is 0.316 e. The molecule has 0 bridgehead atoms. The minimum Gasteiger partial charge on any atom is -0.467 e. The summed E-state index contributed by atoms with van der Waals surface area (Å²) in [5.41, 5.74) is 32.6. The van der Waals surface area contributed by atoms with E-state index in [1.54, 1.807) is 235 Å². The number of amides is 5. The van der Waals surface area contributed by atoms with Crippen molar-refractivity contribution < 1.29 is 83.8 Å². The van der Waals surface area contributed by atoms with E-state index in [-0.39, 0.29) is 77.1 Å². The van der Waals surface area contributed by atoms with E-state index in [0.717, 1.165) is 0 Å². The quantitative estimate of drug-likeness (QED) is 0.0202. The highest BCUT2D eigenvalue weighted by atomic mass is 35.5. The molecule has 0 saturated heterocycles. The van der Waals surface area contributed by atoms with Crippen LogP contribution >= 0.6 is 11.6 Å². The Bertz CT molecular complexity index is 6330. The van der Waals surface area contributed by atoms with E-state index in [1.807, 2.05) is 0 Å². The van der Waals surface area contributed by atoms with Crippen LogP contribution in [0.15, 0.2) is 195 Å². The molecule has 0 aliphatic carbocycles. The number of methoxy groups -OCH3 is 3. The molecule has 0 fully saturated rings. The van der Waals surface area contributed by atoms with E-state index in [4.69, 9.17) is 78.2 Å². The van der Waals surface area contributed by atoms with Gasteiger partial charge in [-0.2, -0.15) is 4.98 Å². The number of aryl methyl sites for hydroxylation is 5. The van der Waals surface area contributed by atoms with Gasteiger partial charge in [0.05, 0.1) is 30.8 Å². The van der Waals surface area contributed by atoms with Crippen molar-refractivity contribution in [2.24, 2.45) is 53.6 Å². The van der Waals surface area contributed by atoms with Crippen molar-refractivity contribution in [2.45, 2.75) is 149 Å². The van der Waals surface area contributed by atoms with Crippen LogP contribution in [0.25, 0.3) is 0 Å². The Balaban J connectivity index is 0.000000164. The van der Waals surface area contributed by atoms with E-state index in [0.29, 0.717) is 136 Å². The maximum atomic E-state index is 13.3. The second-order valence-electron chi connectivity index (χ2n) is 31.8. The summed E-state index contributed by atoms with van der Waals surface area (Å²) in [6.07, 6.45) is 0.491. The van der Waals surface area contributed by atoms with Gasteiger partial charge in [0, 0.05) is 115 Å². The number of nitrogens with zero attached hydrogens (tertiary/aromatic N) is 17. The van der Waals surface area contributed by atoms with Crippen LogP contribution in [0.3, 0.4) is 0 Å². The van der Waals surface area contributed by atoms with E-state index >= 15 is 0 Å². The first-order chi connectivity index (χ1) is 64.9. The predicted octanol–water partition coefficient (Wildman–Crippen LogP) is 10.7. The minimum atomic E-state index is -1.49. The van der Waals surface area contributed by atoms with Gasteiger partial charge < -0.3 is 66.6 Å². The van der Waals surface area contributed by atoms with Crippen molar-refractivity contribution in [3.63, 3.8) is 0 Å². The van der Waals surface area contributed by atoms with E-state index in [2.05, 4.69) is 71.7 Å². The fraction of sp³-hybridized carbons (Fsp3) is 0.323. The maximum absolute atomic E-state index is 13.3. The number of guanidine groups is 5. The molecule has 10 N–H and O–H groups in total. The maximum Gasteiger partial charge on any atom is 0.316 e. The summed E-state index contributed by atoms with van der Waals surface area (Å²) in [6.45, 7) is 17.6. The van der Waals surface area contributed by atoms with Gasteiger partial charge in [-0.1, -0.05) is 47.9 Å². The molecule has 10 aromatic rings. The van der Waals surface area contributed by atoms with Crippen LogP contribution in [0.5, 0.6) is 34.8 Å². The van der Waals surface area contributed by atoms with Crippen molar-refractivity contribution in [1.82, 2.24) is 59.4 Å². The summed E-state index contributed by atoms with van der Waals surface area (Å²) in [7, 11) is 12.3. The number of alkyl halides is 5. The summed E-state index contributed by atoms with van der Waals surface area (Å²) in [4.78, 5) is 124. The SMILES string of the molecule is CC#Cc1cc(C2(c3ccc(OC(C)F)c(C)c3)N=C(N)N(C)C2=O)ccn1.COCc1cc(C2(c3ccc(OC(C)F)c(C)c3)N=C(N)N(C)C2=O)ccn1.COCc1nccc(C2(c3ccc(OC(C)F)c(C)c3)N=C(N)N(C)C2=O)n1.COc1nccc(C2(c3ccc(OC(C)F)c(C)c3)N=C(N)N(C)C2=O)n1.Cc1cc(C2(c3ccnc(Cl)c3)N=C(N)N(C)C2=O)ccc1OC(C)F. The van der Waals surface area contributed by atoms with Gasteiger partial charge in [0.2, 0.25) is 42.9 Å². The molecule has 0 saturated carbocycles. The Morgan fingerprint density at radius 2 is 0.642 bits per heavy atom. The third-order valence-electron chi connectivity index (χ3n) is 22.2. The molecule has 5 aliphatic rings. The lowest BCUT2D eigenvalue weighted by Gasteiger charge is -2.27. The standard InChI is InChI=1S/C21H21FN4O2.C20H23FN4O3.C19H22FN5O3.C18H18ClFN4O2.C18H20FN5O3/c1-5-6-17-12-16(9-10-24-17)21(19(27)26(4)20(23)25-21)15-7-8-18(13(2)11-15)28-14(3)22;1-12-9-14(5-6-17(12)28-13(2)21)20(18(26)25(3)19(22)24-20)15-7-8-23-16(10-15)11-27-4;1-11-9-13(5-6-14(11)28-12(2)20)19(17(26)25(3)18(21)24-19)15-7-8-22-16(23-15)10-27-4;1-10-8-12(4-5-14(10)26-11(2)20)18(13-6-7-22-15(19)9-13)16(25)24(3)17(21)23-18;1-10-9-12(5-6-13(10)27-11(2)19)18(15(25)24(3)16(20)23-18)14-7-8-21-17(22-14)26-4/h7-12,14H,1-4H3,(H2,23,25);5-10,13H,11H2,1-4H3,(H2,22,24);5-9,12H,10H2,1-4H3,(H2,21,24);4-9,11H,1-3H3,(H2,21,23);5-9,11H,1-4H3,(H2,20,23). The molecule has 0 radical (unpaired) electrons. The number of benzene rings is 5. The molecular weight excluding hydrogens is 1800 g/mol. The Morgan fingerprint density at radius 1 is 0.358 bits per heavy atom. The third-order valence-corrected chi connectivity index (χ3v) is 22.5. The summed E-state index contributed by atoms with van der Waals surface area (Å²) in [5.74, 6) is 6.91. The Hall–Kier alpha value is -15.4. The third kappa shape index (κ3) is 20.8. The van der Waals surface area contributed by atoms with Gasteiger partial charge in [0.15, 0.2) is 52.2 Å². The van der Waals surface area contributed by atoms with Crippen LogP contribution in [-0.4, -0.2) is 207 Å². The molecule has 10 atom stereocenters. The van der Waals surface area contributed by atoms with Crippen molar-refractivity contribution in [3.05, 3.63) is 277 Å². The number of aromatic nitrogens is 7. The normalized spacial score (nSPS) is 20.3. The van der Waals surface area contributed by atoms with Crippen LogP contribution in [-0.2, 0) is 74.4 Å². The average molecular weight is 1900 g/mol. The molecular formula is C96H104ClF5N22O13. The summed E-state index contributed by atoms with van der Waals surface area (Å²) < 4.78 is 107. The van der Waals surface area contributed by atoms with Crippen LogP contribution in [0.1, 0.15) is 142 Å². The lowest BCUT2D eigenvalue weighted by molar-refractivity contribution is -0.130. The number of rotatable bonds is 25. The minimum absolute atomic E-state index is 0.0629. The number of hydrogen-bond donors (Lipinski definition) is 5. The zero-order chi connectivity index (χ0) is 100. The van der Waals surface area contributed by atoms with Gasteiger partial charge in [-0.05, 0) is 229 Å². The van der Waals surface area contributed by atoms with Crippen molar-refractivity contribution in [3.8, 4) is 46.6 Å². The van der Waals surface area contributed by atoms with Crippen molar-refractivity contribution in [1.29, 1.82) is 0 Å². The van der Waals surface area contributed by atoms with E-state index in [1.165, 1.54) is 92.8 Å². The molecule has 0 spiro atoms. The van der Waals surface area contributed by atoms with Crippen LogP contribution < -0.4 is 57.1 Å². The summed E-state index contributed by atoms with van der Waals surface area (Å²) in [5, 5.41) is 0.237. The predicted molar refractivity (Wildman–Crippen MR) is 500 cm³/mol. The summed E-state index contributed by atoms with van der Waals surface area (Å²) >= 11 is 6.03. The second kappa shape index (κ2) is 42.5. The number of aliphatic imine (C=N–C) groups is 5. The van der Waals surface area contributed by atoms with Gasteiger partial charge in [-0.3, -0.25) is 53.5 Å². The number of halogens is 6. The number of nitrogens with two attached hydrogens (primary N) is 5. The van der Waals surface area contributed by atoms with Gasteiger partial charge in [0.1, 0.15) is 46.2 Å². The molecule has 5 aromatic carbocycles. The fourth-order valence-corrected chi connectivity index (χ4v) is 15.8. The van der Waals surface area contributed by atoms with Crippen LogP contribution in [0, 0.1) is 46.5 Å². The topological polar surface area (TPSA) is 458 Å². The Morgan fingerprint density at radius 3 is 0.942 bits per heavy atom. The monoisotopic (exact) mass is 1900 g/mol. The molecule has 15 rings (SSSR count). The number of likely N-dealkylation sites (N-methyl/N-ethyl adjacent to an activating group) is 5. The molecule has 41 heteroatoms. The summed E-state index contributed by atoms with van der Waals surface area (Å²) in [6, 6.07) is 38.7. The van der Waals surface area contributed by atoms with Gasteiger partial charge in [-0.15, -0.1) is 0 Å². The lowest BCUT2D eigenvalue weighted by atomic mass is 9.82. The molecule has 5 aliphatic heterocycles. The number of hydrogen-bond acceptors (Lipinski definition) is 30. The molecule has 137 heavy (non-hydrogen) atoms. The Kier molecular flexibility index (Phi) is 31.7.